The summed E-state index contributed by atoms with van der Waals surface area (Å²) in [5.41, 5.74) is 3.11. The Morgan fingerprint density at radius 1 is 1.04 bits per heavy atom. The summed E-state index contributed by atoms with van der Waals surface area (Å²) >= 11 is 0. The molecule has 122 valence electrons. The maximum absolute atomic E-state index is 6.45. The fraction of sp³-hybridized carbons (Fsp3) is 0.400. The summed E-state index contributed by atoms with van der Waals surface area (Å²) in [4.78, 5) is 2.21. The van der Waals surface area contributed by atoms with Gasteiger partial charge in [0.15, 0.2) is 0 Å². The number of rotatable bonds is 5. The number of ether oxygens (including phenoxy) is 2. The zero-order valence-electron chi connectivity index (χ0n) is 14.2. The van der Waals surface area contributed by atoms with E-state index in [-0.39, 0.29) is 0 Å². The molecule has 3 nitrogen and oxygen atoms in total. The predicted molar refractivity (Wildman–Crippen MR) is 92.8 cm³/mol. The highest BCUT2D eigenvalue weighted by Crippen LogP contribution is 2.45. The summed E-state index contributed by atoms with van der Waals surface area (Å²) < 4.78 is 12.5. The van der Waals surface area contributed by atoms with E-state index in [1.165, 1.54) is 11.1 Å². The lowest BCUT2D eigenvalue weighted by molar-refractivity contribution is -0.0219. The molecule has 0 aromatic heterocycles. The van der Waals surface area contributed by atoms with Crippen LogP contribution in [0.1, 0.15) is 30.0 Å². The van der Waals surface area contributed by atoms with Crippen molar-refractivity contribution in [3.63, 3.8) is 0 Å². The quantitative estimate of drug-likeness (QED) is 0.838. The first-order valence-corrected chi connectivity index (χ1v) is 8.27. The van der Waals surface area contributed by atoms with Gasteiger partial charge in [0.1, 0.15) is 18.0 Å². The van der Waals surface area contributed by atoms with Gasteiger partial charge >= 0.3 is 0 Å². The molecule has 0 amide bonds. The van der Waals surface area contributed by atoms with Crippen molar-refractivity contribution in [3.8, 4) is 5.75 Å². The van der Waals surface area contributed by atoms with Crippen LogP contribution in [0.5, 0.6) is 5.75 Å². The second-order valence-electron chi connectivity index (χ2n) is 6.26. The molecule has 0 saturated heterocycles. The van der Waals surface area contributed by atoms with Gasteiger partial charge in [0.2, 0.25) is 0 Å². The second kappa shape index (κ2) is 6.73. The highest BCUT2D eigenvalue weighted by atomic mass is 16.5. The Labute approximate surface area is 138 Å². The van der Waals surface area contributed by atoms with Gasteiger partial charge in [-0.15, -0.1) is 0 Å². The lowest BCUT2D eigenvalue weighted by Crippen LogP contribution is -2.35. The summed E-state index contributed by atoms with van der Waals surface area (Å²) in [6.07, 6.45) is 0.894. The molecule has 1 unspecified atom stereocenters. The fourth-order valence-electron chi connectivity index (χ4n) is 3.39. The average molecular weight is 311 g/mol. The molecule has 0 aliphatic carbocycles. The van der Waals surface area contributed by atoms with E-state index >= 15 is 0 Å². The van der Waals surface area contributed by atoms with Crippen molar-refractivity contribution in [2.75, 3.05) is 27.2 Å². The SMILES string of the molecule is CCOC1(CCN(C)C)c2ccccc2COc2ccccc21. The molecule has 2 aromatic rings. The molecule has 1 heterocycles. The van der Waals surface area contributed by atoms with E-state index < -0.39 is 5.60 Å². The Morgan fingerprint density at radius 2 is 1.74 bits per heavy atom. The topological polar surface area (TPSA) is 21.7 Å². The number of benzene rings is 2. The van der Waals surface area contributed by atoms with Gasteiger partial charge in [-0.25, -0.2) is 0 Å². The van der Waals surface area contributed by atoms with Crippen LogP contribution in [-0.2, 0) is 16.9 Å². The van der Waals surface area contributed by atoms with Crippen molar-refractivity contribution in [2.45, 2.75) is 25.6 Å². The van der Waals surface area contributed by atoms with E-state index in [1.54, 1.807) is 0 Å². The maximum Gasteiger partial charge on any atom is 0.126 e. The van der Waals surface area contributed by atoms with Crippen LogP contribution in [0.15, 0.2) is 48.5 Å². The molecule has 23 heavy (non-hydrogen) atoms. The molecule has 0 bridgehead atoms. The van der Waals surface area contributed by atoms with Crippen molar-refractivity contribution in [2.24, 2.45) is 0 Å². The Hall–Kier alpha value is -1.84. The van der Waals surface area contributed by atoms with Gasteiger partial charge in [-0.1, -0.05) is 42.5 Å². The Balaban J connectivity index is 2.20. The molecule has 3 rings (SSSR count). The number of fused-ring (bicyclic) bond motifs is 2. The second-order valence-corrected chi connectivity index (χ2v) is 6.26. The minimum absolute atomic E-state index is 0.456. The Morgan fingerprint density at radius 3 is 2.48 bits per heavy atom. The zero-order valence-corrected chi connectivity index (χ0v) is 14.2. The van der Waals surface area contributed by atoms with Crippen LogP contribution in [0.4, 0.5) is 0 Å². The van der Waals surface area contributed by atoms with E-state index in [4.69, 9.17) is 9.47 Å². The first-order chi connectivity index (χ1) is 11.2. The van der Waals surface area contributed by atoms with Crippen molar-refractivity contribution in [1.82, 2.24) is 4.90 Å². The summed E-state index contributed by atoms with van der Waals surface area (Å²) in [5.74, 6) is 0.927. The molecular formula is C20H25NO2. The van der Waals surface area contributed by atoms with Crippen molar-refractivity contribution >= 4 is 0 Å². The van der Waals surface area contributed by atoms with E-state index in [1.807, 2.05) is 12.1 Å². The van der Waals surface area contributed by atoms with Crippen LogP contribution in [0.3, 0.4) is 0 Å². The van der Waals surface area contributed by atoms with Crippen molar-refractivity contribution < 1.29 is 9.47 Å². The lowest BCUT2D eigenvalue weighted by atomic mass is 9.81. The molecule has 3 heteroatoms. The highest BCUT2D eigenvalue weighted by Gasteiger charge is 2.40. The molecule has 0 radical (unpaired) electrons. The fourth-order valence-corrected chi connectivity index (χ4v) is 3.39. The van der Waals surface area contributed by atoms with E-state index in [0.717, 1.165) is 24.3 Å². The van der Waals surface area contributed by atoms with E-state index in [9.17, 15) is 0 Å². The molecule has 1 aliphatic heterocycles. The van der Waals surface area contributed by atoms with E-state index in [0.29, 0.717) is 13.2 Å². The molecule has 1 aliphatic rings. The molecule has 1 atom stereocenters. The molecule has 0 spiro atoms. The molecule has 0 N–H and O–H groups in total. The largest absolute Gasteiger partial charge is 0.488 e. The maximum atomic E-state index is 6.45. The van der Waals surface area contributed by atoms with Gasteiger partial charge < -0.3 is 14.4 Å². The summed E-state index contributed by atoms with van der Waals surface area (Å²) in [6, 6.07) is 16.8. The molecular weight excluding hydrogens is 286 g/mol. The number of nitrogens with zero attached hydrogens (tertiary/aromatic N) is 1. The van der Waals surface area contributed by atoms with Gasteiger partial charge in [-0.3, -0.25) is 0 Å². The predicted octanol–water partition coefficient (Wildman–Crippen LogP) is 3.81. The number of hydrogen-bond donors (Lipinski definition) is 0. The van der Waals surface area contributed by atoms with Crippen LogP contribution >= 0.6 is 0 Å². The minimum atomic E-state index is -0.456. The van der Waals surface area contributed by atoms with Crippen LogP contribution < -0.4 is 4.74 Å². The first kappa shape index (κ1) is 16.0. The third-order valence-corrected chi connectivity index (χ3v) is 4.46. The van der Waals surface area contributed by atoms with Crippen LogP contribution in [-0.4, -0.2) is 32.1 Å². The van der Waals surface area contributed by atoms with E-state index in [2.05, 4.69) is 62.3 Å². The van der Waals surface area contributed by atoms with Crippen LogP contribution in [0.25, 0.3) is 0 Å². The number of hydrogen-bond acceptors (Lipinski definition) is 3. The monoisotopic (exact) mass is 311 g/mol. The smallest absolute Gasteiger partial charge is 0.126 e. The molecule has 0 saturated carbocycles. The van der Waals surface area contributed by atoms with Gasteiger partial charge in [0.05, 0.1) is 0 Å². The number of para-hydroxylation sites is 1. The zero-order chi connectivity index (χ0) is 16.3. The summed E-state index contributed by atoms with van der Waals surface area (Å²) in [7, 11) is 4.20. The first-order valence-electron chi connectivity index (χ1n) is 8.27. The van der Waals surface area contributed by atoms with Gasteiger partial charge in [-0.2, -0.15) is 0 Å². The Kier molecular flexibility index (Phi) is 4.69. The van der Waals surface area contributed by atoms with Crippen molar-refractivity contribution in [1.29, 1.82) is 0 Å². The summed E-state index contributed by atoms with van der Waals surface area (Å²) in [6.45, 7) is 4.26. The average Bonchev–Trinajstić information content (AvgIpc) is 2.70. The third kappa shape index (κ3) is 2.99. The normalized spacial score (nSPS) is 19.7. The molecule has 0 fully saturated rings. The van der Waals surface area contributed by atoms with Crippen LogP contribution in [0.2, 0.25) is 0 Å². The Bertz CT molecular complexity index is 619. The minimum Gasteiger partial charge on any atom is -0.488 e. The third-order valence-electron chi connectivity index (χ3n) is 4.46. The molecule has 2 aromatic carbocycles. The van der Waals surface area contributed by atoms with Crippen LogP contribution in [0, 0.1) is 0 Å². The van der Waals surface area contributed by atoms with Gasteiger partial charge in [0.25, 0.3) is 0 Å². The summed E-state index contributed by atoms with van der Waals surface area (Å²) in [5, 5.41) is 0. The lowest BCUT2D eigenvalue weighted by Gasteiger charge is -2.36. The van der Waals surface area contributed by atoms with Crippen molar-refractivity contribution in [3.05, 3.63) is 65.2 Å². The van der Waals surface area contributed by atoms with Gasteiger partial charge in [-0.05, 0) is 44.6 Å². The standard InChI is InChI=1S/C20H25NO2/c1-4-23-20(13-14-21(2)3)17-10-6-5-9-16(17)15-22-19-12-8-7-11-18(19)20/h5-12H,4,13-15H2,1-3H3. The highest BCUT2D eigenvalue weighted by molar-refractivity contribution is 5.49. The van der Waals surface area contributed by atoms with Gasteiger partial charge in [0, 0.05) is 18.7 Å².